The van der Waals surface area contributed by atoms with Crippen molar-refractivity contribution in [2.45, 2.75) is 14.8 Å². The number of carbonyl (C=O) groups is 1. The first-order valence-corrected chi connectivity index (χ1v) is 10.5. The van der Waals surface area contributed by atoms with Crippen molar-refractivity contribution in [3.8, 4) is 0 Å². The molecule has 0 spiro atoms. The van der Waals surface area contributed by atoms with Crippen LogP contribution in [0.4, 0.5) is 9.52 Å². The molecule has 0 saturated heterocycles. The number of benzene rings is 1. The van der Waals surface area contributed by atoms with Gasteiger partial charge in [0.05, 0.1) is 0 Å². The number of amides is 1. The van der Waals surface area contributed by atoms with Gasteiger partial charge in [0.2, 0.25) is 0 Å². The predicted octanol–water partition coefficient (Wildman–Crippen LogP) is 3.89. The number of pyridine rings is 1. The monoisotopic (exact) mass is 432 g/mol. The third-order valence-electron chi connectivity index (χ3n) is 3.46. The Bertz CT molecular complexity index is 997. The highest BCUT2D eigenvalue weighted by Crippen LogP contribution is 2.32. The van der Waals surface area contributed by atoms with Crippen LogP contribution in [0.25, 0.3) is 0 Å². The van der Waals surface area contributed by atoms with E-state index in [9.17, 15) is 9.18 Å². The van der Waals surface area contributed by atoms with Crippen LogP contribution < -0.4 is 10.7 Å². The second-order valence-corrected chi connectivity index (χ2v) is 8.49. The summed E-state index contributed by atoms with van der Waals surface area (Å²) in [5.41, 5.74) is 3.11. The zero-order valence-corrected chi connectivity index (χ0v) is 16.7. The Morgan fingerprint density at radius 2 is 2.11 bits per heavy atom. The van der Waals surface area contributed by atoms with E-state index >= 15 is 0 Å². The minimum absolute atomic E-state index is 0.276. The molecule has 3 aromatic rings. The largest absolute Gasteiger partial charge is 0.296 e. The van der Waals surface area contributed by atoms with E-state index in [-0.39, 0.29) is 17.4 Å². The molecule has 1 aliphatic heterocycles. The summed E-state index contributed by atoms with van der Waals surface area (Å²) < 4.78 is 15.0. The molecule has 7 nitrogen and oxygen atoms in total. The number of aromatic nitrogens is 2. The molecule has 0 radical (unpaired) electrons. The van der Waals surface area contributed by atoms with E-state index < -0.39 is 0 Å². The fourth-order valence-corrected chi connectivity index (χ4v) is 4.37. The van der Waals surface area contributed by atoms with Crippen molar-refractivity contribution in [1.82, 2.24) is 19.7 Å². The molecule has 1 aromatic carbocycles. The van der Waals surface area contributed by atoms with Gasteiger partial charge in [-0.25, -0.2) is 14.4 Å². The van der Waals surface area contributed by atoms with Gasteiger partial charge in [0.25, 0.3) is 5.91 Å². The van der Waals surface area contributed by atoms with Crippen LogP contribution in [0.2, 0.25) is 0 Å². The van der Waals surface area contributed by atoms with Gasteiger partial charge in [0.15, 0.2) is 5.13 Å². The Morgan fingerprint density at radius 1 is 1.25 bits per heavy atom. The number of thiazole rings is 1. The number of hydrogen-bond acceptors (Lipinski definition) is 9. The minimum atomic E-state index is -0.352. The van der Waals surface area contributed by atoms with Crippen molar-refractivity contribution in [1.29, 1.82) is 0 Å². The van der Waals surface area contributed by atoms with Crippen molar-refractivity contribution in [2.24, 2.45) is 5.10 Å². The predicted molar refractivity (Wildman–Crippen MR) is 109 cm³/mol. The summed E-state index contributed by atoms with van der Waals surface area (Å²) in [7, 11) is 0. The molecule has 3 heterocycles. The number of carbonyl (C=O) groups excluding carboxylic acids is 1. The standard InChI is InChI=1S/C17H13FN6OS3/c18-11-1-3-12(4-2-11)27-13-5-6-14(28-24-9-20-21-10-24)22-15(13)16(25)23-17-19-7-8-26-17/h1-9,21H,10H2,(H,19,23,25). The van der Waals surface area contributed by atoms with E-state index in [1.54, 1.807) is 30.0 Å². The highest BCUT2D eigenvalue weighted by Gasteiger charge is 2.18. The van der Waals surface area contributed by atoms with Crippen LogP contribution in [-0.4, -0.2) is 33.2 Å². The van der Waals surface area contributed by atoms with Crippen molar-refractivity contribution in [2.75, 3.05) is 12.0 Å². The van der Waals surface area contributed by atoms with E-state index in [0.717, 1.165) is 4.90 Å². The Balaban J connectivity index is 1.61. The summed E-state index contributed by atoms with van der Waals surface area (Å²) in [4.78, 5) is 22.9. The molecule has 0 saturated carbocycles. The molecule has 4 rings (SSSR count). The summed E-state index contributed by atoms with van der Waals surface area (Å²) in [6.07, 6.45) is 3.27. The number of nitrogens with zero attached hydrogens (tertiary/aromatic N) is 4. The van der Waals surface area contributed by atoms with Crippen molar-refractivity contribution in [3.63, 3.8) is 0 Å². The molecule has 0 aliphatic carbocycles. The fraction of sp³-hybridized carbons (Fsp3) is 0.0588. The zero-order valence-electron chi connectivity index (χ0n) is 14.2. The second kappa shape index (κ2) is 8.59. The van der Waals surface area contributed by atoms with Crippen LogP contribution >= 0.6 is 35.0 Å². The molecule has 0 fully saturated rings. The molecule has 1 amide bonds. The Kier molecular flexibility index (Phi) is 5.74. The van der Waals surface area contributed by atoms with Crippen molar-refractivity contribution >= 4 is 52.4 Å². The minimum Gasteiger partial charge on any atom is -0.296 e. The lowest BCUT2D eigenvalue weighted by Crippen LogP contribution is -2.17. The van der Waals surface area contributed by atoms with Gasteiger partial charge in [-0.1, -0.05) is 11.8 Å². The number of nitrogens with one attached hydrogen (secondary N) is 2. The summed E-state index contributed by atoms with van der Waals surface area (Å²) in [6.45, 7) is 0.555. The van der Waals surface area contributed by atoms with Gasteiger partial charge in [-0.2, -0.15) is 5.10 Å². The lowest BCUT2D eigenvalue weighted by atomic mass is 10.3. The zero-order chi connectivity index (χ0) is 19.3. The number of rotatable bonds is 6. The first-order chi connectivity index (χ1) is 13.7. The number of hydrazone groups is 1. The van der Waals surface area contributed by atoms with E-state index in [4.69, 9.17) is 0 Å². The highest BCUT2D eigenvalue weighted by molar-refractivity contribution is 7.99. The third kappa shape index (κ3) is 4.61. The molecule has 1 aliphatic rings. The van der Waals surface area contributed by atoms with E-state index in [0.29, 0.717) is 21.7 Å². The van der Waals surface area contributed by atoms with E-state index in [1.807, 2.05) is 16.4 Å². The van der Waals surface area contributed by atoms with Crippen LogP contribution in [0, 0.1) is 5.82 Å². The maximum atomic E-state index is 13.2. The molecule has 2 N–H and O–H groups in total. The summed E-state index contributed by atoms with van der Waals surface area (Å²) in [5.74, 6) is -0.660. The van der Waals surface area contributed by atoms with Crippen LogP contribution in [-0.2, 0) is 0 Å². The average Bonchev–Trinajstić information content (AvgIpc) is 3.39. The smallest absolute Gasteiger partial charge is 0.277 e. The van der Waals surface area contributed by atoms with Gasteiger partial charge >= 0.3 is 0 Å². The average molecular weight is 433 g/mol. The molecule has 2 aromatic heterocycles. The molecular formula is C17H13FN6OS3. The Morgan fingerprint density at radius 3 is 2.82 bits per heavy atom. The number of halogens is 1. The summed E-state index contributed by atoms with van der Waals surface area (Å²) >= 11 is 4.04. The second-order valence-electron chi connectivity index (χ2n) is 5.41. The maximum absolute atomic E-state index is 13.2. The maximum Gasteiger partial charge on any atom is 0.277 e. The van der Waals surface area contributed by atoms with Crippen molar-refractivity contribution < 1.29 is 9.18 Å². The highest BCUT2D eigenvalue weighted by atomic mass is 32.2. The molecule has 0 unspecified atom stereocenters. The van der Waals surface area contributed by atoms with Gasteiger partial charge < -0.3 is 0 Å². The summed E-state index contributed by atoms with van der Waals surface area (Å²) in [5, 5.41) is 9.63. The van der Waals surface area contributed by atoms with Gasteiger partial charge in [-0.3, -0.25) is 19.8 Å². The van der Waals surface area contributed by atoms with E-state index in [2.05, 4.69) is 25.8 Å². The van der Waals surface area contributed by atoms with Crippen molar-refractivity contribution in [3.05, 3.63) is 59.5 Å². The quantitative estimate of drug-likeness (QED) is 0.572. The third-order valence-corrected chi connectivity index (χ3v) is 6.08. The number of hydrogen-bond donors (Lipinski definition) is 2. The van der Waals surface area contributed by atoms with Gasteiger partial charge in [0, 0.05) is 33.3 Å². The Hall–Kier alpha value is -2.63. The lowest BCUT2D eigenvalue weighted by molar-refractivity contribution is 0.101. The molecule has 11 heteroatoms. The normalized spacial score (nSPS) is 12.8. The van der Waals surface area contributed by atoms with Crippen LogP contribution in [0.15, 0.2) is 67.9 Å². The van der Waals surface area contributed by atoms with Crippen LogP contribution in [0.1, 0.15) is 10.5 Å². The van der Waals surface area contributed by atoms with Gasteiger partial charge in [-0.15, -0.1) is 11.3 Å². The summed E-state index contributed by atoms with van der Waals surface area (Å²) in [6, 6.07) is 9.77. The first kappa shape index (κ1) is 18.7. The molecule has 28 heavy (non-hydrogen) atoms. The SMILES string of the molecule is O=C(Nc1nccs1)c1nc(SN2C=NNC2)ccc1Sc1ccc(F)cc1. The van der Waals surface area contributed by atoms with Crippen LogP contribution in [0.5, 0.6) is 0 Å². The first-order valence-electron chi connectivity index (χ1n) is 8.03. The molecular weight excluding hydrogens is 419 g/mol. The Labute approximate surface area is 172 Å². The van der Waals surface area contributed by atoms with Gasteiger partial charge in [-0.05, 0) is 36.4 Å². The lowest BCUT2D eigenvalue weighted by Gasteiger charge is -2.13. The fourth-order valence-electron chi connectivity index (χ4n) is 2.23. The molecule has 0 atom stereocenters. The molecule has 142 valence electrons. The van der Waals surface area contributed by atoms with E-state index in [1.165, 1.54) is 47.2 Å². The van der Waals surface area contributed by atoms with Gasteiger partial charge in [0.1, 0.15) is 29.5 Å². The topological polar surface area (TPSA) is 82.5 Å². The van der Waals surface area contributed by atoms with Crippen LogP contribution in [0.3, 0.4) is 0 Å². The number of anilines is 1. The molecule has 0 bridgehead atoms.